The molecule has 1 heterocycles. The summed E-state index contributed by atoms with van der Waals surface area (Å²) in [6.07, 6.45) is 1.65. The van der Waals surface area contributed by atoms with Crippen LogP contribution in [-0.2, 0) is 4.79 Å². The Morgan fingerprint density at radius 1 is 1.69 bits per heavy atom. The van der Waals surface area contributed by atoms with Crippen LogP contribution in [0.2, 0.25) is 0 Å². The van der Waals surface area contributed by atoms with Gasteiger partial charge in [0.25, 0.3) is 0 Å². The highest BCUT2D eigenvalue weighted by atomic mass is 79.9. The van der Waals surface area contributed by atoms with E-state index < -0.39 is 0 Å². The molecule has 4 nitrogen and oxygen atoms in total. The Bertz CT molecular complexity index is 412. The molecule has 0 saturated carbocycles. The molecule has 0 aliphatic rings. The minimum Gasteiger partial charge on any atom is -0.351 e. The zero-order valence-electron chi connectivity index (χ0n) is 9.75. The first kappa shape index (κ1) is 13.0. The number of nitrogens with zero attached hydrogens (tertiary/aromatic N) is 2. The highest BCUT2D eigenvalue weighted by Crippen LogP contribution is 2.22. The number of halogens is 1. The fourth-order valence-corrected chi connectivity index (χ4v) is 1.71. The lowest BCUT2D eigenvalue weighted by atomic mass is 10.3. The second-order valence-electron chi connectivity index (χ2n) is 3.64. The third-order valence-corrected chi connectivity index (χ3v) is 3.55. The molecule has 1 aromatic rings. The van der Waals surface area contributed by atoms with Gasteiger partial charge in [-0.05, 0) is 36.7 Å². The highest BCUT2D eigenvalue weighted by Gasteiger charge is 2.19. The lowest BCUT2D eigenvalue weighted by molar-refractivity contribution is -0.123. The Morgan fingerprint density at radius 3 is 2.75 bits per heavy atom. The number of aryl methyl sites for hydroxylation is 1. The van der Waals surface area contributed by atoms with E-state index in [1.165, 1.54) is 0 Å². The standard InChI is InChI=1S/C11H16BrN3O/c1-5-6-13-11(16)9(4)15-8(3)10(12)7(2)14-15/h5,9H,1,6H2,2-4H3,(H,13,16). The van der Waals surface area contributed by atoms with Crippen LogP contribution in [0.25, 0.3) is 0 Å². The van der Waals surface area contributed by atoms with Gasteiger partial charge in [0.1, 0.15) is 6.04 Å². The molecule has 1 N–H and O–H groups in total. The summed E-state index contributed by atoms with van der Waals surface area (Å²) in [5.41, 5.74) is 1.85. The molecule has 0 aliphatic heterocycles. The van der Waals surface area contributed by atoms with E-state index in [0.29, 0.717) is 6.54 Å². The Labute approximate surface area is 104 Å². The van der Waals surface area contributed by atoms with Crippen LogP contribution in [0.1, 0.15) is 24.4 Å². The SMILES string of the molecule is C=CCNC(=O)C(C)n1nc(C)c(Br)c1C. The summed E-state index contributed by atoms with van der Waals surface area (Å²) in [5.74, 6) is -0.0574. The van der Waals surface area contributed by atoms with Crippen LogP contribution >= 0.6 is 15.9 Å². The fourth-order valence-electron chi connectivity index (χ4n) is 1.45. The van der Waals surface area contributed by atoms with Gasteiger partial charge in [-0.1, -0.05) is 6.08 Å². The van der Waals surface area contributed by atoms with Crippen LogP contribution in [0, 0.1) is 13.8 Å². The number of hydrogen-bond acceptors (Lipinski definition) is 2. The van der Waals surface area contributed by atoms with Crippen molar-refractivity contribution in [3.8, 4) is 0 Å². The molecular formula is C11H16BrN3O. The maximum atomic E-state index is 11.7. The number of carbonyl (C=O) groups excluding carboxylic acids is 1. The van der Waals surface area contributed by atoms with Gasteiger partial charge in [0.15, 0.2) is 0 Å². The van der Waals surface area contributed by atoms with Crippen LogP contribution in [0.15, 0.2) is 17.1 Å². The molecule has 1 aromatic heterocycles. The van der Waals surface area contributed by atoms with Gasteiger partial charge >= 0.3 is 0 Å². The maximum absolute atomic E-state index is 11.7. The predicted molar refractivity (Wildman–Crippen MR) is 67.3 cm³/mol. The molecule has 0 saturated heterocycles. The summed E-state index contributed by atoms with van der Waals surface area (Å²) >= 11 is 3.44. The highest BCUT2D eigenvalue weighted by molar-refractivity contribution is 9.10. The summed E-state index contributed by atoms with van der Waals surface area (Å²) < 4.78 is 2.67. The van der Waals surface area contributed by atoms with Crippen LogP contribution < -0.4 is 5.32 Å². The quantitative estimate of drug-likeness (QED) is 0.862. The lowest BCUT2D eigenvalue weighted by Gasteiger charge is -2.13. The van der Waals surface area contributed by atoms with Crippen molar-refractivity contribution < 1.29 is 4.79 Å². The first-order valence-electron chi connectivity index (χ1n) is 5.08. The van der Waals surface area contributed by atoms with Crippen molar-refractivity contribution >= 4 is 21.8 Å². The number of nitrogens with one attached hydrogen (secondary N) is 1. The van der Waals surface area contributed by atoms with E-state index in [9.17, 15) is 4.79 Å². The number of rotatable bonds is 4. The largest absolute Gasteiger partial charge is 0.351 e. The van der Waals surface area contributed by atoms with Crippen LogP contribution in [0.3, 0.4) is 0 Å². The fraction of sp³-hybridized carbons (Fsp3) is 0.455. The van der Waals surface area contributed by atoms with Gasteiger partial charge in [-0.2, -0.15) is 5.10 Å². The van der Waals surface area contributed by atoms with E-state index in [4.69, 9.17) is 0 Å². The molecule has 1 amide bonds. The molecule has 88 valence electrons. The van der Waals surface area contributed by atoms with Crippen LogP contribution in [-0.4, -0.2) is 22.2 Å². The van der Waals surface area contributed by atoms with Gasteiger partial charge in [0.2, 0.25) is 5.91 Å². The first-order chi connectivity index (χ1) is 7.49. The van der Waals surface area contributed by atoms with Crippen molar-refractivity contribution in [3.63, 3.8) is 0 Å². The summed E-state index contributed by atoms with van der Waals surface area (Å²) in [6, 6.07) is -0.315. The van der Waals surface area contributed by atoms with Crippen molar-refractivity contribution in [3.05, 3.63) is 28.5 Å². The number of aromatic nitrogens is 2. The molecule has 0 spiro atoms. The molecule has 0 aromatic carbocycles. The number of hydrogen-bond donors (Lipinski definition) is 1. The maximum Gasteiger partial charge on any atom is 0.244 e. The number of carbonyl (C=O) groups is 1. The van der Waals surface area contributed by atoms with Gasteiger partial charge < -0.3 is 5.32 Å². The van der Waals surface area contributed by atoms with Crippen molar-refractivity contribution in [1.29, 1.82) is 0 Å². The molecule has 0 radical (unpaired) electrons. The second kappa shape index (κ2) is 5.30. The molecular weight excluding hydrogens is 270 g/mol. The first-order valence-corrected chi connectivity index (χ1v) is 5.88. The van der Waals surface area contributed by atoms with Crippen molar-refractivity contribution in [2.24, 2.45) is 0 Å². The predicted octanol–water partition coefficient (Wildman–Crippen LogP) is 2.13. The van der Waals surface area contributed by atoms with E-state index >= 15 is 0 Å². The molecule has 0 fully saturated rings. The molecule has 1 atom stereocenters. The monoisotopic (exact) mass is 285 g/mol. The Kier molecular flexibility index (Phi) is 4.29. The Balaban J connectivity index is 2.87. The van der Waals surface area contributed by atoms with Gasteiger partial charge in [0, 0.05) is 6.54 Å². The Hall–Kier alpha value is -1.10. The topological polar surface area (TPSA) is 46.9 Å². The molecule has 5 heteroatoms. The minimum absolute atomic E-state index is 0.0574. The van der Waals surface area contributed by atoms with Crippen molar-refractivity contribution in [2.75, 3.05) is 6.54 Å². The van der Waals surface area contributed by atoms with Crippen LogP contribution in [0.4, 0.5) is 0 Å². The van der Waals surface area contributed by atoms with Crippen LogP contribution in [0.5, 0.6) is 0 Å². The molecule has 1 unspecified atom stereocenters. The molecule has 0 aliphatic carbocycles. The van der Waals surface area contributed by atoms with Gasteiger partial charge in [-0.3, -0.25) is 9.48 Å². The van der Waals surface area contributed by atoms with E-state index in [0.717, 1.165) is 15.9 Å². The zero-order valence-corrected chi connectivity index (χ0v) is 11.3. The third kappa shape index (κ3) is 2.52. The summed E-state index contributed by atoms with van der Waals surface area (Å²) in [5, 5.41) is 7.08. The summed E-state index contributed by atoms with van der Waals surface area (Å²) in [4.78, 5) is 11.7. The van der Waals surface area contributed by atoms with E-state index in [1.54, 1.807) is 10.8 Å². The summed E-state index contributed by atoms with van der Waals surface area (Å²) in [6.45, 7) is 9.69. The van der Waals surface area contributed by atoms with E-state index in [2.05, 4.69) is 32.9 Å². The summed E-state index contributed by atoms with van der Waals surface area (Å²) in [7, 11) is 0. The average Bonchev–Trinajstić information content (AvgIpc) is 2.52. The smallest absolute Gasteiger partial charge is 0.244 e. The molecule has 16 heavy (non-hydrogen) atoms. The lowest BCUT2D eigenvalue weighted by Crippen LogP contribution is -2.32. The van der Waals surface area contributed by atoms with Crippen molar-refractivity contribution in [1.82, 2.24) is 15.1 Å². The average molecular weight is 286 g/mol. The van der Waals surface area contributed by atoms with E-state index in [-0.39, 0.29) is 11.9 Å². The Morgan fingerprint density at radius 2 is 2.31 bits per heavy atom. The zero-order chi connectivity index (χ0) is 12.3. The van der Waals surface area contributed by atoms with Crippen molar-refractivity contribution in [2.45, 2.75) is 26.8 Å². The number of amides is 1. The van der Waals surface area contributed by atoms with Gasteiger partial charge in [-0.15, -0.1) is 6.58 Å². The second-order valence-corrected chi connectivity index (χ2v) is 4.43. The van der Waals surface area contributed by atoms with Gasteiger partial charge in [0.05, 0.1) is 15.9 Å². The van der Waals surface area contributed by atoms with E-state index in [1.807, 2.05) is 20.8 Å². The minimum atomic E-state index is -0.315. The molecule has 1 rings (SSSR count). The normalized spacial score (nSPS) is 12.2. The van der Waals surface area contributed by atoms with Gasteiger partial charge in [-0.25, -0.2) is 0 Å². The third-order valence-electron chi connectivity index (χ3n) is 2.40. The molecule has 0 bridgehead atoms.